The number of benzene rings is 1. The zero-order valence-corrected chi connectivity index (χ0v) is 11.9. The molecule has 0 aliphatic heterocycles. The number of hydrogen-bond acceptors (Lipinski definition) is 3. The lowest BCUT2D eigenvalue weighted by Gasteiger charge is -2.08. The minimum atomic E-state index is -3.66. The largest absolute Gasteiger partial charge is 0.268 e. The Morgan fingerprint density at radius 3 is 2.61 bits per heavy atom. The van der Waals surface area contributed by atoms with E-state index in [9.17, 15) is 17.6 Å². The molecule has 4 nitrogen and oxygen atoms in total. The lowest BCUT2D eigenvalue weighted by atomic mass is 10.1. The molecule has 0 heterocycles. The molecule has 0 spiro atoms. The van der Waals surface area contributed by atoms with Gasteiger partial charge in [0, 0.05) is 4.47 Å². The summed E-state index contributed by atoms with van der Waals surface area (Å²) in [5, 5.41) is -0.515. The smallest absolute Gasteiger partial charge is 0.267 e. The molecule has 2 rings (SSSR count). The van der Waals surface area contributed by atoms with Crippen molar-refractivity contribution < 1.29 is 17.6 Å². The van der Waals surface area contributed by atoms with E-state index in [1.165, 1.54) is 12.1 Å². The van der Waals surface area contributed by atoms with Gasteiger partial charge >= 0.3 is 0 Å². The molecule has 1 aliphatic rings. The van der Waals surface area contributed by atoms with E-state index in [1.807, 2.05) is 4.72 Å². The number of halogens is 2. The first kappa shape index (κ1) is 13.5. The van der Waals surface area contributed by atoms with E-state index in [2.05, 4.69) is 15.9 Å². The molecule has 1 aliphatic carbocycles. The van der Waals surface area contributed by atoms with Gasteiger partial charge in [0.25, 0.3) is 5.91 Å². The second kappa shape index (κ2) is 4.62. The highest BCUT2D eigenvalue weighted by Crippen LogP contribution is 2.28. The third kappa shape index (κ3) is 2.72. The molecule has 0 saturated heterocycles. The third-order valence-electron chi connectivity index (χ3n) is 2.69. The lowest BCUT2D eigenvalue weighted by molar-refractivity contribution is 0.0977. The maximum atomic E-state index is 13.6. The Labute approximate surface area is 113 Å². The summed E-state index contributed by atoms with van der Waals surface area (Å²) in [5.41, 5.74) is 0.353. The van der Waals surface area contributed by atoms with Crippen LogP contribution in [-0.2, 0) is 10.0 Å². The normalized spacial score (nSPS) is 15.5. The van der Waals surface area contributed by atoms with Crippen molar-refractivity contribution in [1.82, 2.24) is 4.72 Å². The Hall–Kier alpha value is -0.950. The minimum absolute atomic E-state index is 0.281. The average Bonchev–Trinajstić information content (AvgIpc) is 3.06. The highest BCUT2D eigenvalue weighted by Gasteiger charge is 2.37. The van der Waals surface area contributed by atoms with Crippen molar-refractivity contribution in [3.05, 3.63) is 33.5 Å². The Kier molecular flexibility index (Phi) is 3.46. The van der Waals surface area contributed by atoms with Crippen LogP contribution in [0.5, 0.6) is 0 Å². The monoisotopic (exact) mass is 335 g/mol. The molecule has 1 saturated carbocycles. The van der Waals surface area contributed by atoms with Crippen LogP contribution >= 0.6 is 15.9 Å². The Morgan fingerprint density at radius 2 is 2.06 bits per heavy atom. The molecule has 0 atom stereocenters. The van der Waals surface area contributed by atoms with Gasteiger partial charge in [-0.05, 0) is 37.5 Å². The average molecular weight is 336 g/mol. The van der Waals surface area contributed by atoms with Gasteiger partial charge in [0.05, 0.1) is 10.8 Å². The van der Waals surface area contributed by atoms with Gasteiger partial charge in [0.2, 0.25) is 10.0 Å². The van der Waals surface area contributed by atoms with E-state index >= 15 is 0 Å². The zero-order valence-electron chi connectivity index (χ0n) is 9.54. The summed E-state index contributed by atoms with van der Waals surface area (Å²) >= 11 is 3.17. The van der Waals surface area contributed by atoms with Crippen molar-refractivity contribution >= 4 is 31.9 Å². The van der Waals surface area contributed by atoms with E-state index in [1.54, 1.807) is 6.92 Å². The maximum absolute atomic E-state index is 13.6. The van der Waals surface area contributed by atoms with E-state index < -0.39 is 27.0 Å². The second-order valence-corrected chi connectivity index (χ2v) is 7.07. The molecule has 1 fully saturated rings. The first-order valence-electron chi connectivity index (χ1n) is 5.33. The molecule has 1 amide bonds. The SMILES string of the molecule is Cc1cc(F)c(C(=O)NS(=O)(=O)C2CC2)cc1Br. The topological polar surface area (TPSA) is 63.2 Å². The van der Waals surface area contributed by atoms with Gasteiger partial charge in [0.15, 0.2) is 0 Å². The number of rotatable bonds is 3. The van der Waals surface area contributed by atoms with Gasteiger partial charge in [0.1, 0.15) is 5.82 Å². The molecule has 0 unspecified atom stereocenters. The molecule has 1 aromatic rings. The van der Waals surface area contributed by atoms with Crippen LogP contribution in [0.2, 0.25) is 0 Å². The van der Waals surface area contributed by atoms with Gasteiger partial charge in [-0.3, -0.25) is 4.79 Å². The van der Waals surface area contributed by atoms with E-state index in [0.29, 0.717) is 22.9 Å². The second-order valence-electron chi connectivity index (χ2n) is 4.26. The molecular weight excluding hydrogens is 325 g/mol. The quantitative estimate of drug-likeness (QED) is 0.920. The predicted molar refractivity (Wildman–Crippen MR) is 68.2 cm³/mol. The number of sulfonamides is 1. The Bertz CT molecular complexity index is 611. The first-order chi connectivity index (χ1) is 8.31. The molecule has 0 radical (unpaired) electrons. The van der Waals surface area contributed by atoms with Crippen molar-refractivity contribution in [1.29, 1.82) is 0 Å². The van der Waals surface area contributed by atoms with Crippen LogP contribution in [0, 0.1) is 12.7 Å². The highest BCUT2D eigenvalue weighted by molar-refractivity contribution is 9.10. The molecule has 0 bridgehead atoms. The van der Waals surface area contributed by atoms with Crippen LogP contribution in [0.25, 0.3) is 0 Å². The minimum Gasteiger partial charge on any atom is -0.268 e. The van der Waals surface area contributed by atoms with Crippen LogP contribution in [0.3, 0.4) is 0 Å². The van der Waals surface area contributed by atoms with Gasteiger partial charge in [-0.15, -0.1) is 0 Å². The van der Waals surface area contributed by atoms with E-state index in [4.69, 9.17) is 0 Å². The Morgan fingerprint density at radius 1 is 1.44 bits per heavy atom. The van der Waals surface area contributed by atoms with Crippen molar-refractivity contribution in [3.8, 4) is 0 Å². The van der Waals surface area contributed by atoms with Crippen molar-refractivity contribution in [2.45, 2.75) is 25.0 Å². The number of amides is 1. The fourth-order valence-electron chi connectivity index (χ4n) is 1.47. The summed E-state index contributed by atoms with van der Waals surface area (Å²) in [6.45, 7) is 1.68. The molecule has 0 aromatic heterocycles. The van der Waals surface area contributed by atoms with Crippen molar-refractivity contribution in [2.75, 3.05) is 0 Å². The molecule has 7 heteroatoms. The van der Waals surface area contributed by atoms with E-state index in [0.717, 1.165) is 0 Å². The Balaban J connectivity index is 2.26. The summed E-state index contributed by atoms with van der Waals surface area (Å²) < 4.78 is 39.2. The highest BCUT2D eigenvalue weighted by atomic mass is 79.9. The number of hydrogen-bond donors (Lipinski definition) is 1. The van der Waals surface area contributed by atoms with Gasteiger partial charge in [-0.25, -0.2) is 17.5 Å². The van der Waals surface area contributed by atoms with E-state index in [-0.39, 0.29) is 5.56 Å². The number of nitrogens with one attached hydrogen (secondary N) is 1. The van der Waals surface area contributed by atoms with Crippen LogP contribution in [0.15, 0.2) is 16.6 Å². The zero-order chi connectivity index (χ0) is 13.5. The molecule has 18 heavy (non-hydrogen) atoms. The van der Waals surface area contributed by atoms with Crippen molar-refractivity contribution in [3.63, 3.8) is 0 Å². The fourth-order valence-corrected chi connectivity index (χ4v) is 3.10. The van der Waals surface area contributed by atoms with Crippen LogP contribution in [-0.4, -0.2) is 19.6 Å². The molecular formula is C11H11BrFNO3S. The van der Waals surface area contributed by atoms with Crippen LogP contribution in [0.1, 0.15) is 28.8 Å². The number of carbonyl (C=O) groups is 1. The summed E-state index contributed by atoms with van der Waals surface area (Å²) in [4.78, 5) is 11.7. The molecule has 98 valence electrons. The summed E-state index contributed by atoms with van der Waals surface area (Å²) in [6.07, 6.45) is 1.09. The van der Waals surface area contributed by atoms with Gasteiger partial charge in [-0.1, -0.05) is 15.9 Å². The summed E-state index contributed by atoms with van der Waals surface area (Å²) in [7, 11) is -3.66. The summed E-state index contributed by atoms with van der Waals surface area (Å²) in [5.74, 6) is -1.67. The van der Waals surface area contributed by atoms with Gasteiger partial charge < -0.3 is 0 Å². The third-order valence-corrected chi connectivity index (χ3v) is 5.36. The van der Waals surface area contributed by atoms with Crippen LogP contribution < -0.4 is 4.72 Å². The first-order valence-corrected chi connectivity index (χ1v) is 7.67. The maximum Gasteiger partial charge on any atom is 0.267 e. The van der Waals surface area contributed by atoms with Crippen molar-refractivity contribution in [2.24, 2.45) is 0 Å². The molecule has 1 N–H and O–H groups in total. The predicted octanol–water partition coefficient (Wildman–Crippen LogP) is 2.12. The summed E-state index contributed by atoms with van der Waals surface area (Å²) in [6, 6.07) is 2.46. The lowest BCUT2D eigenvalue weighted by Crippen LogP contribution is -2.33. The number of aryl methyl sites for hydroxylation is 1. The standard InChI is InChI=1S/C11H11BrFNO3S/c1-6-4-10(13)8(5-9(6)12)11(15)14-18(16,17)7-2-3-7/h4-5,7H,2-3H2,1H3,(H,14,15). The van der Waals surface area contributed by atoms with Crippen LogP contribution in [0.4, 0.5) is 4.39 Å². The fraction of sp³-hybridized carbons (Fsp3) is 0.364. The number of carbonyl (C=O) groups excluding carboxylic acids is 1. The molecule has 1 aromatic carbocycles. The van der Waals surface area contributed by atoms with Gasteiger partial charge in [-0.2, -0.15) is 0 Å².